The first-order valence-corrected chi connectivity index (χ1v) is 11.5. The average molecular weight is 470 g/mol. The van der Waals surface area contributed by atoms with E-state index in [1.807, 2.05) is 30.3 Å². The van der Waals surface area contributed by atoms with Gasteiger partial charge in [0, 0.05) is 43.9 Å². The molecule has 9 heteroatoms. The van der Waals surface area contributed by atoms with Gasteiger partial charge >= 0.3 is 0 Å². The number of carbonyl (C=O) groups is 1. The minimum atomic E-state index is -0.0378. The van der Waals surface area contributed by atoms with E-state index in [-0.39, 0.29) is 18.0 Å². The first-order valence-electron chi connectivity index (χ1n) is 11.5. The van der Waals surface area contributed by atoms with Crippen LogP contribution in [-0.4, -0.2) is 69.2 Å². The molecule has 5 rings (SSSR count). The Balaban J connectivity index is 1.47. The van der Waals surface area contributed by atoms with Crippen molar-refractivity contribution in [1.29, 1.82) is 0 Å². The molecule has 1 aliphatic heterocycles. The number of hydrogen-bond acceptors (Lipinski definition) is 8. The van der Waals surface area contributed by atoms with Crippen LogP contribution in [0.15, 0.2) is 61.3 Å². The van der Waals surface area contributed by atoms with Gasteiger partial charge in [-0.25, -0.2) is 4.98 Å². The van der Waals surface area contributed by atoms with E-state index in [4.69, 9.17) is 4.98 Å². The van der Waals surface area contributed by atoms with Gasteiger partial charge in [0.05, 0.1) is 23.0 Å². The lowest BCUT2D eigenvalue weighted by Crippen LogP contribution is -2.44. The van der Waals surface area contributed by atoms with E-state index in [2.05, 4.69) is 43.9 Å². The molecule has 0 radical (unpaired) electrons. The molecule has 1 saturated heterocycles. The van der Waals surface area contributed by atoms with Crippen molar-refractivity contribution in [1.82, 2.24) is 25.1 Å². The normalized spacial score (nSPS) is 14.3. The molecule has 9 nitrogen and oxygen atoms in total. The molecule has 35 heavy (non-hydrogen) atoms. The highest BCUT2D eigenvalue weighted by Crippen LogP contribution is 2.33. The molecule has 0 bridgehead atoms. The minimum Gasteiger partial charge on any atom is -0.506 e. The number of aromatic nitrogens is 4. The van der Waals surface area contributed by atoms with Crippen LogP contribution in [0.4, 0.5) is 17.3 Å². The van der Waals surface area contributed by atoms with Crippen molar-refractivity contribution >= 4 is 34.1 Å². The number of fused-ring (bicyclic) bond motifs is 1. The van der Waals surface area contributed by atoms with Gasteiger partial charge in [-0.2, -0.15) is 10.1 Å². The molecular formula is C26H27N7O2. The summed E-state index contributed by atoms with van der Waals surface area (Å²) < 4.78 is 0. The second-order valence-corrected chi connectivity index (χ2v) is 8.69. The van der Waals surface area contributed by atoms with Gasteiger partial charge in [0.1, 0.15) is 5.75 Å². The Labute approximate surface area is 203 Å². The van der Waals surface area contributed by atoms with E-state index in [0.29, 0.717) is 17.3 Å². The van der Waals surface area contributed by atoms with Gasteiger partial charge < -0.3 is 20.2 Å². The summed E-state index contributed by atoms with van der Waals surface area (Å²) in [5.41, 5.74) is 4.60. The Morgan fingerprint density at radius 2 is 2.00 bits per heavy atom. The molecule has 0 atom stereocenters. The fourth-order valence-electron chi connectivity index (χ4n) is 4.24. The highest BCUT2D eigenvalue weighted by Gasteiger charge is 2.18. The summed E-state index contributed by atoms with van der Waals surface area (Å²) in [6.07, 6.45) is 3.31. The number of phenolic OH excluding ortho intramolecular Hbond substituents is 1. The molecule has 4 aromatic rings. The highest BCUT2D eigenvalue weighted by atomic mass is 16.3. The third kappa shape index (κ3) is 4.85. The Kier molecular flexibility index (Phi) is 6.15. The van der Waals surface area contributed by atoms with Crippen LogP contribution in [0, 0.1) is 0 Å². The molecule has 0 saturated carbocycles. The first-order chi connectivity index (χ1) is 17.0. The van der Waals surface area contributed by atoms with E-state index in [1.165, 1.54) is 6.08 Å². The number of hydrogen-bond donors (Lipinski definition) is 3. The standard InChI is InChI=1S/C26H27N7O2/c1-3-20(34)14-17-5-4-6-18(13-17)24-21-16-27-31-25(21)30-26(29-24)28-19-7-8-23(35)22(15-19)33-11-9-32(2)10-12-33/h3-8,13,15-16,35H,1,9-12,14H2,2H3,(H2,27,28,29,30,31). The number of ketones is 1. The molecule has 1 aliphatic rings. The Morgan fingerprint density at radius 3 is 2.80 bits per heavy atom. The fourth-order valence-corrected chi connectivity index (χ4v) is 4.24. The van der Waals surface area contributed by atoms with Crippen molar-refractivity contribution in [2.45, 2.75) is 6.42 Å². The predicted molar refractivity (Wildman–Crippen MR) is 137 cm³/mol. The first kappa shape index (κ1) is 22.5. The third-order valence-corrected chi connectivity index (χ3v) is 6.19. The maximum Gasteiger partial charge on any atom is 0.229 e. The van der Waals surface area contributed by atoms with Crippen LogP contribution in [0.2, 0.25) is 0 Å². The van der Waals surface area contributed by atoms with Crippen LogP contribution in [0.3, 0.4) is 0 Å². The van der Waals surface area contributed by atoms with E-state index >= 15 is 0 Å². The number of likely N-dealkylation sites (N-methyl/N-ethyl adjacent to an activating group) is 1. The summed E-state index contributed by atoms with van der Waals surface area (Å²) in [5.74, 6) is 0.611. The van der Waals surface area contributed by atoms with E-state index in [1.54, 1.807) is 18.3 Å². The number of anilines is 3. The van der Waals surface area contributed by atoms with Crippen LogP contribution in [-0.2, 0) is 11.2 Å². The number of piperazine rings is 1. The second-order valence-electron chi connectivity index (χ2n) is 8.69. The summed E-state index contributed by atoms with van der Waals surface area (Å²) in [5, 5.41) is 21.6. The average Bonchev–Trinajstić information content (AvgIpc) is 3.34. The number of nitrogens with one attached hydrogen (secondary N) is 2. The Bertz CT molecular complexity index is 1390. The maximum absolute atomic E-state index is 11.8. The summed E-state index contributed by atoms with van der Waals surface area (Å²) in [7, 11) is 2.10. The number of allylic oxidation sites excluding steroid dienone is 1. The van der Waals surface area contributed by atoms with Gasteiger partial charge in [-0.3, -0.25) is 9.89 Å². The molecular weight excluding hydrogens is 442 g/mol. The van der Waals surface area contributed by atoms with Gasteiger partial charge in [0.15, 0.2) is 11.4 Å². The Hall–Kier alpha value is -4.24. The number of carbonyl (C=O) groups excluding carboxylic acids is 1. The lowest BCUT2D eigenvalue weighted by Gasteiger charge is -2.34. The summed E-state index contributed by atoms with van der Waals surface area (Å²) >= 11 is 0. The predicted octanol–water partition coefficient (Wildman–Crippen LogP) is 3.52. The van der Waals surface area contributed by atoms with Crippen molar-refractivity contribution < 1.29 is 9.90 Å². The third-order valence-electron chi connectivity index (χ3n) is 6.19. The van der Waals surface area contributed by atoms with Crippen LogP contribution in [0.1, 0.15) is 5.56 Å². The molecule has 0 aliphatic carbocycles. The van der Waals surface area contributed by atoms with Gasteiger partial charge in [0.2, 0.25) is 5.95 Å². The summed E-state index contributed by atoms with van der Waals surface area (Å²) in [6, 6.07) is 13.1. The molecule has 2 aromatic carbocycles. The lowest BCUT2D eigenvalue weighted by atomic mass is 10.0. The molecule has 0 unspecified atom stereocenters. The van der Waals surface area contributed by atoms with Crippen molar-refractivity contribution in [3.05, 3.63) is 66.9 Å². The summed E-state index contributed by atoms with van der Waals surface area (Å²) in [6.45, 7) is 7.13. The molecule has 1 fully saturated rings. The summed E-state index contributed by atoms with van der Waals surface area (Å²) in [4.78, 5) is 25.7. The lowest BCUT2D eigenvalue weighted by molar-refractivity contribution is -0.114. The maximum atomic E-state index is 11.8. The van der Waals surface area contributed by atoms with Crippen molar-refractivity contribution in [3.8, 4) is 17.0 Å². The number of benzene rings is 2. The van der Waals surface area contributed by atoms with Gasteiger partial charge in [-0.05, 0) is 43.0 Å². The number of nitrogens with zero attached hydrogens (tertiary/aromatic N) is 5. The molecule has 3 N–H and O–H groups in total. The van der Waals surface area contributed by atoms with E-state index in [0.717, 1.165) is 54.1 Å². The van der Waals surface area contributed by atoms with Crippen molar-refractivity contribution in [3.63, 3.8) is 0 Å². The van der Waals surface area contributed by atoms with E-state index in [9.17, 15) is 9.90 Å². The van der Waals surface area contributed by atoms with E-state index < -0.39 is 0 Å². The fraction of sp³-hybridized carbons (Fsp3) is 0.231. The van der Waals surface area contributed by atoms with Crippen LogP contribution in [0.25, 0.3) is 22.3 Å². The number of phenols is 1. The molecule has 2 aromatic heterocycles. The quantitative estimate of drug-likeness (QED) is 0.279. The van der Waals surface area contributed by atoms with Gasteiger partial charge in [-0.1, -0.05) is 24.8 Å². The Morgan fingerprint density at radius 1 is 1.17 bits per heavy atom. The SMILES string of the molecule is C=CC(=O)Cc1cccc(-c2nc(Nc3ccc(O)c(N4CCN(C)CC4)c3)nc3[nH]ncc23)c1. The molecule has 3 heterocycles. The highest BCUT2D eigenvalue weighted by molar-refractivity contribution is 5.93. The molecule has 0 spiro atoms. The second kappa shape index (κ2) is 9.55. The van der Waals surface area contributed by atoms with Crippen molar-refractivity contribution in [2.75, 3.05) is 43.4 Å². The minimum absolute atomic E-state index is 0.0378. The largest absolute Gasteiger partial charge is 0.506 e. The van der Waals surface area contributed by atoms with Crippen LogP contribution < -0.4 is 10.2 Å². The smallest absolute Gasteiger partial charge is 0.229 e. The van der Waals surface area contributed by atoms with Crippen LogP contribution >= 0.6 is 0 Å². The molecule has 178 valence electrons. The van der Waals surface area contributed by atoms with Crippen LogP contribution in [0.5, 0.6) is 5.75 Å². The zero-order valence-electron chi connectivity index (χ0n) is 19.5. The van der Waals surface area contributed by atoms with Crippen molar-refractivity contribution in [2.24, 2.45) is 0 Å². The number of rotatable bonds is 7. The molecule has 0 amide bonds. The monoisotopic (exact) mass is 469 g/mol. The zero-order valence-corrected chi connectivity index (χ0v) is 19.5. The number of aromatic hydroxyl groups is 1. The number of aromatic amines is 1. The van der Waals surface area contributed by atoms with Gasteiger partial charge in [0.25, 0.3) is 0 Å². The number of H-pyrrole nitrogens is 1. The van der Waals surface area contributed by atoms with Gasteiger partial charge in [-0.15, -0.1) is 0 Å². The zero-order chi connectivity index (χ0) is 24.4. The topological polar surface area (TPSA) is 110 Å².